The van der Waals surface area contributed by atoms with Crippen molar-refractivity contribution < 1.29 is 14.3 Å². The van der Waals surface area contributed by atoms with Crippen LogP contribution < -0.4 is 20.3 Å². The molecule has 0 saturated heterocycles. The van der Waals surface area contributed by atoms with E-state index in [1.807, 2.05) is 42.5 Å². The van der Waals surface area contributed by atoms with Gasteiger partial charge < -0.3 is 14.8 Å². The van der Waals surface area contributed by atoms with Gasteiger partial charge in [0, 0.05) is 23.7 Å². The van der Waals surface area contributed by atoms with Crippen molar-refractivity contribution >= 4 is 11.6 Å². The lowest BCUT2D eigenvalue weighted by Crippen LogP contribution is -2.29. The van der Waals surface area contributed by atoms with Gasteiger partial charge in [0.15, 0.2) is 11.5 Å². The molecule has 7 heteroatoms. The van der Waals surface area contributed by atoms with Crippen LogP contribution in [0.3, 0.4) is 0 Å². The predicted octanol–water partition coefficient (Wildman–Crippen LogP) is 3.83. The molecule has 0 spiro atoms. The first-order chi connectivity index (χ1) is 15.0. The summed E-state index contributed by atoms with van der Waals surface area (Å²) < 4.78 is 12.6. The second-order valence-corrected chi connectivity index (χ2v) is 7.75. The van der Waals surface area contributed by atoms with Gasteiger partial charge >= 0.3 is 0 Å². The summed E-state index contributed by atoms with van der Waals surface area (Å²) in [6.45, 7) is 5.25. The smallest absolute Gasteiger partial charge is 0.267 e. The fourth-order valence-electron chi connectivity index (χ4n) is 3.33. The summed E-state index contributed by atoms with van der Waals surface area (Å²) in [5, 5.41) is 7.20. The van der Waals surface area contributed by atoms with Crippen LogP contribution in [0.5, 0.6) is 11.5 Å². The van der Waals surface area contributed by atoms with Crippen LogP contribution in [0.25, 0.3) is 11.3 Å². The molecule has 1 aromatic heterocycles. The number of carbonyl (C=O) groups excluding carboxylic acids is 1. The third-order valence-corrected chi connectivity index (χ3v) is 5.06. The van der Waals surface area contributed by atoms with E-state index in [0.717, 1.165) is 16.7 Å². The Morgan fingerprint density at radius 3 is 2.52 bits per heavy atom. The molecule has 4 rings (SSSR count). The average Bonchev–Trinajstić information content (AvgIpc) is 3.00. The number of aromatic nitrogens is 2. The van der Waals surface area contributed by atoms with Crippen molar-refractivity contribution in [3.05, 3.63) is 70.5 Å². The van der Waals surface area contributed by atoms with Crippen molar-refractivity contribution in [2.45, 2.75) is 32.7 Å². The first kappa shape index (κ1) is 20.7. The summed E-state index contributed by atoms with van der Waals surface area (Å²) in [7, 11) is 0. The first-order valence-corrected chi connectivity index (χ1v) is 10.4. The molecular formula is C24H25N3O4. The van der Waals surface area contributed by atoms with Crippen molar-refractivity contribution in [1.29, 1.82) is 0 Å². The van der Waals surface area contributed by atoms with Gasteiger partial charge in [-0.2, -0.15) is 5.10 Å². The van der Waals surface area contributed by atoms with Gasteiger partial charge in [-0.25, -0.2) is 4.68 Å². The Hall–Kier alpha value is -3.61. The molecule has 0 fully saturated rings. The topological polar surface area (TPSA) is 82.5 Å². The zero-order valence-electron chi connectivity index (χ0n) is 17.6. The van der Waals surface area contributed by atoms with Crippen molar-refractivity contribution in [3.63, 3.8) is 0 Å². The van der Waals surface area contributed by atoms with Crippen molar-refractivity contribution in [3.8, 4) is 22.8 Å². The zero-order valence-corrected chi connectivity index (χ0v) is 17.6. The van der Waals surface area contributed by atoms with Gasteiger partial charge in [0.25, 0.3) is 5.56 Å². The maximum absolute atomic E-state index is 12.5. The molecule has 0 bridgehead atoms. The van der Waals surface area contributed by atoms with Crippen LogP contribution in [0.1, 0.15) is 31.7 Å². The number of carbonyl (C=O) groups is 1. The van der Waals surface area contributed by atoms with Crippen molar-refractivity contribution in [2.75, 3.05) is 18.5 Å². The van der Waals surface area contributed by atoms with Crippen LogP contribution in [-0.2, 0) is 11.3 Å². The van der Waals surface area contributed by atoms with E-state index in [1.165, 1.54) is 11.6 Å². The molecular weight excluding hydrogens is 394 g/mol. The maximum Gasteiger partial charge on any atom is 0.267 e. The highest BCUT2D eigenvalue weighted by Crippen LogP contribution is 2.33. The van der Waals surface area contributed by atoms with E-state index in [9.17, 15) is 9.59 Å². The van der Waals surface area contributed by atoms with Gasteiger partial charge in [-0.05, 0) is 47.9 Å². The SMILES string of the molecule is CC(C)c1ccc(NC(=O)Cn2nc(-c3ccc4c(c3)OCCCO4)ccc2=O)cc1. The van der Waals surface area contributed by atoms with Crippen LogP contribution in [-0.4, -0.2) is 28.9 Å². The lowest BCUT2D eigenvalue weighted by atomic mass is 10.0. The molecule has 1 aliphatic rings. The Morgan fingerprint density at radius 2 is 1.77 bits per heavy atom. The molecule has 1 amide bonds. The first-order valence-electron chi connectivity index (χ1n) is 10.4. The second kappa shape index (κ2) is 9.04. The number of hydrogen-bond donors (Lipinski definition) is 1. The molecule has 160 valence electrons. The Labute approximate surface area is 180 Å². The Kier molecular flexibility index (Phi) is 6.02. The number of anilines is 1. The van der Waals surface area contributed by atoms with Crippen LogP contribution in [0, 0.1) is 0 Å². The summed E-state index contributed by atoms with van der Waals surface area (Å²) in [5.41, 5.74) is 2.88. The number of hydrogen-bond acceptors (Lipinski definition) is 5. The minimum absolute atomic E-state index is 0.177. The molecule has 0 atom stereocenters. The predicted molar refractivity (Wildman–Crippen MR) is 119 cm³/mol. The quantitative estimate of drug-likeness (QED) is 0.680. The van der Waals surface area contributed by atoms with Crippen LogP contribution in [0.4, 0.5) is 5.69 Å². The molecule has 0 aliphatic carbocycles. The highest BCUT2D eigenvalue weighted by atomic mass is 16.5. The highest BCUT2D eigenvalue weighted by Gasteiger charge is 2.14. The number of rotatable bonds is 5. The van der Waals surface area contributed by atoms with E-state index in [1.54, 1.807) is 6.07 Å². The fraction of sp³-hybridized carbons (Fsp3) is 0.292. The molecule has 31 heavy (non-hydrogen) atoms. The number of benzene rings is 2. The number of amides is 1. The standard InChI is InChI=1S/C24H25N3O4/c1-16(2)17-4-7-19(8-5-17)25-23(28)15-27-24(29)11-9-20(26-27)18-6-10-21-22(14-18)31-13-3-12-30-21/h4-11,14,16H,3,12-13,15H2,1-2H3,(H,25,28). The van der Waals surface area contributed by atoms with Gasteiger partial charge in [0.05, 0.1) is 18.9 Å². The Morgan fingerprint density at radius 1 is 1.03 bits per heavy atom. The molecule has 1 N–H and O–H groups in total. The summed E-state index contributed by atoms with van der Waals surface area (Å²) in [6, 6.07) is 16.3. The number of fused-ring (bicyclic) bond motifs is 1. The molecule has 2 heterocycles. The van der Waals surface area contributed by atoms with Crippen LogP contribution >= 0.6 is 0 Å². The van der Waals surface area contributed by atoms with Gasteiger partial charge in [0.2, 0.25) is 5.91 Å². The lowest BCUT2D eigenvalue weighted by Gasteiger charge is -2.11. The van der Waals surface area contributed by atoms with E-state index in [0.29, 0.717) is 42.0 Å². The molecule has 1 aliphatic heterocycles. The van der Waals surface area contributed by atoms with E-state index in [4.69, 9.17) is 9.47 Å². The van der Waals surface area contributed by atoms with Gasteiger partial charge in [0.1, 0.15) is 6.54 Å². The highest BCUT2D eigenvalue weighted by molar-refractivity contribution is 5.90. The van der Waals surface area contributed by atoms with Gasteiger partial charge in [-0.15, -0.1) is 0 Å². The minimum Gasteiger partial charge on any atom is -0.490 e. The number of nitrogens with zero attached hydrogens (tertiary/aromatic N) is 2. The molecule has 2 aromatic carbocycles. The minimum atomic E-state index is -0.344. The molecule has 0 unspecified atom stereocenters. The van der Waals surface area contributed by atoms with Crippen molar-refractivity contribution in [2.24, 2.45) is 0 Å². The molecule has 3 aromatic rings. The Balaban J connectivity index is 1.51. The van der Waals surface area contributed by atoms with E-state index < -0.39 is 0 Å². The number of nitrogens with one attached hydrogen (secondary N) is 1. The molecule has 0 saturated carbocycles. The lowest BCUT2D eigenvalue weighted by molar-refractivity contribution is -0.117. The normalized spacial score (nSPS) is 13.0. The second-order valence-electron chi connectivity index (χ2n) is 7.75. The fourth-order valence-corrected chi connectivity index (χ4v) is 3.33. The van der Waals surface area contributed by atoms with E-state index >= 15 is 0 Å². The monoisotopic (exact) mass is 419 g/mol. The Bertz CT molecular complexity index is 1140. The van der Waals surface area contributed by atoms with Crippen LogP contribution in [0.15, 0.2) is 59.4 Å². The summed E-state index contributed by atoms with van der Waals surface area (Å²) in [4.78, 5) is 24.7. The van der Waals surface area contributed by atoms with E-state index in [-0.39, 0.29) is 18.0 Å². The van der Waals surface area contributed by atoms with Gasteiger partial charge in [-0.3, -0.25) is 9.59 Å². The summed E-state index contributed by atoms with van der Waals surface area (Å²) >= 11 is 0. The van der Waals surface area contributed by atoms with Crippen LogP contribution in [0.2, 0.25) is 0 Å². The van der Waals surface area contributed by atoms with Gasteiger partial charge in [-0.1, -0.05) is 26.0 Å². The summed E-state index contributed by atoms with van der Waals surface area (Å²) in [6.07, 6.45) is 0.822. The number of ether oxygens (including phenoxy) is 2. The largest absolute Gasteiger partial charge is 0.490 e. The summed E-state index contributed by atoms with van der Waals surface area (Å²) in [5.74, 6) is 1.44. The molecule has 0 radical (unpaired) electrons. The third kappa shape index (κ3) is 4.94. The average molecular weight is 419 g/mol. The van der Waals surface area contributed by atoms with E-state index in [2.05, 4.69) is 24.3 Å². The van der Waals surface area contributed by atoms with Crippen molar-refractivity contribution in [1.82, 2.24) is 9.78 Å². The maximum atomic E-state index is 12.5. The molecule has 7 nitrogen and oxygen atoms in total. The third-order valence-electron chi connectivity index (χ3n) is 5.06. The zero-order chi connectivity index (χ0) is 21.8.